The Morgan fingerprint density at radius 1 is 1.43 bits per heavy atom. The summed E-state index contributed by atoms with van der Waals surface area (Å²) in [6.07, 6.45) is 1.98. The molecule has 1 heterocycles. The highest BCUT2D eigenvalue weighted by Gasteiger charge is 2.10. The van der Waals surface area contributed by atoms with Gasteiger partial charge in [0.2, 0.25) is 0 Å². The molecule has 1 aromatic heterocycles. The Morgan fingerprint density at radius 2 is 2.21 bits per heavy atom. The Morgan fingerprint density at radius 3 is 2.86 bits per heavy atom. The van der Waals surface area contributed by atoms with Crippen LogP contribution in [-0.4, -0.2) is 13.4 Å². The van der Waals surface area contributed by atoms with Crippen LogP contribution in [0.25, 0.3) is 10.1 Å². The average molecular weight is 228 g/mol. The summed E-state index contributed by atoms with van der Waals surface area (Å²) in [6.45, 7) is 0. The Hall–Kier alpha value is -0.740. The number of halogens is 1. The van der Waals surface area contributed by atoms with E-state index in [0.717, 1.165) is 15.3 Å². The number of benzene rings is 1. The molecule has 0 aliphatic heterocycles. The molecule has 0 radical (unpaired) electrons. The minimum absolute atomic E-state index is 0.175. The molecule has 0 bridgehead atoms. The zero-order valence-electron chi connectivity index (χ0n) is 7.83. The Kier molecular flexibility index (Phi) is 2.65. The van der Waals surface area contributed by atoms with E-state index in [1.165, 1.54) is 17.4 Å². The van der Waals surface area contributed by atoms with Crippen molar-refractivity contribution in [3.05, 3.63) is 24.0 Å². The van der Waals surface area contributed by atoms with Crippen molar-refractivity contribution >= 4 is 33.2 Å². The Bertz CT molecular complexity index is 464. The van der Waals surface area contributed by atoms with Crippen molar-refractivity contribution in [2.45, 2.75) is 4.90 Å². The molecule has 0 fully saturated rings. The first-order chi connectivity index (χ1) is 6.76. The van der Waals surface area contributed by atoms with Crippen LogP contribution in [0.15, 0.2) is 23.1 Å². The van der Waals surface area contributed by atoms with Crippen molar-refractivity contribution < 1.29 is 9.13 Å². The maximum absolute atomic E-state index is 13.4. The van der Waals surface area contributed by atoms with Gasteiger partial charge in [-0.3, -0.25) is 0 Å². The van der Waals surface area contributed by atoms with Crippen LogP contribution in [0.1, 0.15) is 0 Å². The monoisotopic (exact) mass is 228 g/mol. The largest absolute Gasteiger partial charge is 0.487 e. The van der Waals surface area contributed by atoms with Gasteiger partial charge in [-0.05, 0) is 18.4 Å². The van der Waals surface area contributed by atoms with Gasteiger partial charge < -0.3 is 4.74 Å². The van der Waals surface area contributed by atoms with Gasteiger partial charge in [0, 0.05) is 16.3 Å². The van der Waals surface area contributed by atoms with Gasteiger partial charge in [0.25, 0.3) is 0 Å². The molecule has 0 saturated carbocycles. The van der Waals surface area contributed by atoms with Crippen molar-refractivity contribution in [2.75, 3.05) is 13.4 Å². The molecule has 74 valence electrons. The number of hydrogen-bond donors (Lipinski definition) is 0. The standard InChI is InChI=1S/C10H9FOS2/c1-12-9-5-6-8(13-2)4-3-7(11)10(6)14-9/h3-5H,1-2H3. The zero-order valence-corrected chi connectivity index (χ0v) is 9.47. The van der Waals surface area contributed by atoms with Crippen molar-refractivity contribution in [2.24, 2.45) is 0 Å². The molecule has 2 rings (SSSR count). The van der Waals surface area contributed by atoms with E-state index in [4.69, 9.17) is 4.74 Å². The van der Waals surface area contributed by atoms with E-state index < -0.39 is 0 Å². The van der Waals surface area contributed by atoms with Gasteiger partial charge in [-0.2, -0.15) is 0 Å². The second-order valence-corrected chi connectivity index (χ2v) is 4.62. The third-order valence-electron chi connectivity index (χ3n) is 1.99. The maximum atomic E-state index is 13.4. The summed E-state index contributed by atoms with van der Waals surface area (Å²) in [5.74, 6) is -0.175. The predicted molar refractivity (Wildman–Crippen MR) is 60.1 cm³/mol. The van der Waals surface area contributed by atoms with E-state index in [1.54, 1.807) is 24.9 Å². The number of thiophene rings is 1. The van der Waals surface area contributed by atoms with Crippen LogP contribution in [0.5, 0.6) is 5.06 Å². The highest BCUT2D eigenvalue weighted by molar-refractivity contribution is 7.98. The average Bonchev–Trinajstić information content (AvgIpc) is 2.63. The third-order valence-corrected chi connectivity index (χ3v) is 3.89. The number of thioether (sulfide) groups is 1. The van der Waals surface area contributed by atoms with Gasteiger partial charge >= 0.3 is 0 Å². The van der Waals surface area contributed by atoms with Crippen molar-refractivity contribution in [3.8, 4) is 5.06 Å². The molecule has 0 aliphatic carbocycles. The molecule has 2 aromatic rings. The van der Waals surface area contributed by atoms with E-state index in [1.807, 2.05) is 12.3 Å². The molecule has 14 heavy (non-hydrogen) atoms. The quantitative estimate of drug-likeness (QED) is 0.724. The van der Waals surface area contributed by atoms with Crippen LogP contribution in [0.2, 0.25) is 0 Å². The van der Waals surface area contributed by atoms with E-state index in [-0.39, 0.29) is 5.82 Å². The first kappa shape index (κ1) is 9.80. The summed E-state index contributed by atoms with van der Waals surface area (Å²) >= 11 is 2.96. The fraction of sp³-hybridized carbons (Fsp3) is 0.200. The van der Waals surface area contributed by atoms with Crippen LogP contribution in [-0.2, 0) is 0 Å². The van der Waals surface area contributed by atoms with E-state index in [9.17, 15) is 4.39 Å². The molecule has 1 aromatic carbocycles. The van der Waals surface area contributed by atoms with Crippen LogP contribution in [0.3, 0.4) is 0 Å². The molecule has 0 unspecified atom stereocenters. The van der Waals surface area contributed by atoms with E-state index >= 15 is 0 Å². The summed E-state index contributed by atoms with van der Waals surface area (Å²) in [4.78, 5) is 1.08. The van der Waals surface area contributed by atoms with E-state index in [0.29, 0.717) is 4.70 Å². The fourth-order valence-corrected chi connectivity index (χ4v) is 2.88. The minimum Gasteiger partial charge on any atom is -0.487 e. The van der Waals surface area contributed by atoms with Gasteiger partial charge in [-0.15, -0.1) is 11.8 Å². The highest BCUT2D eigenvalue weighted by atomic mass is 32.2. The topological polar surface area (TPSA) is 9.23 Å². The van der Waals surface area contributed by atoms with Crippen molar-refractivity contribution in [1.29, 1.82) is 0 Å². The third kappa shape index (κ3) is 1.48. The number of fused-ring (bicyclic) bond motifs is 1. The second-order valence-electron chi connectivity index (χ2n) is 2.76. The second kappa shape index (κ2) is 3.79. The molecule has 0 N–H and O–H groups in total. The molecular weight excluding hydrogens is 219 g/mol. The van der Waals surface area contributed by atoms with Crippen LogP contribution in [0, 0.1) is 5.82 Å². The van der Waals surface area contributed by atoms with E-state index in [2.05, 4.69) is 0 Å². The van der Waals surface area contributed by atoms with Gasteiger partial charge in [0.15, 0.2) is 5.06 Å². The number of rotatable bonds is 2. The summed E-state index contributed by atoms with van der Waals surface area (Å²) in [7, 11) is 1.60. The van der Waals surface area contributed by atoms with Gasteiger partial charge in [-0.1, -0.05) is 11.3 Å². The number of methoxy groups -OCH3 is 1. The summed E-state index contributed by atoms with van der Waals surface area (Å²) in [5, 5.41) is 1.69. The molecule has 0 amide bonds. The summed E-state index contributed by atoms with van der Waals surface area (Å²) in [6, 6.07) is 5.19. The number of ether oxygens (including phenoxy) is 1. The lowest BCUT2D eigenvalue weighted by molar-refractivity contribution is 0.427. The molecule has 0 aliphatic rings. The Labute approximate surface area is 89.9 Å². The first-order valence-corrected chi connectivity index (χ1v) is 6.10. The minimum atomic E-state index is -0.175. The molecule has 4 heteroatoms. The summed E-state index contributed by atoms with van der Waals surface area (Å²) in [5.41, 5.74) is 0. The molecule has 1 nitrogen and oxygen atoms in total. The van der Waals surface area contributed by atoms with Crippen LogP contribution < -0.4 is 4.74 Å². The van der Waals surface area contributed by atoms with Gasteiger partial charge in [0.05, 0.1) is 11.8 Å². The van der Waals surface area contributed by atoms with Crippen LogP contribution >= 0.6 is 23.1 Å². The fourth-order valence-electron chi connectivity index (χ4n) is 1.32. The SMILES string of the molecule is COc1cc2c(SC)ccc(F)c2s1. The molecule has 0 saturated heterocycles. The number of hydrogen-bond acceptors (Lipinski definition) is 3. The molecular formula is C10H9FOS2. The smallest absolute Gasteiger partial charge is 0.174 e. The molecule has 0 atom stereocenters. The summed E-state index contributed by atoms with van der Waals surface area (Å²) < 4.78 is 19.2. The Balaban J connectivity index is 2.74. The van der Waals surface area contributed by atoms with Gasteiger partial charge in [0.1, 0.15) is 5.82 Å². The zero-order chi connectivity index (χ0) is 10.1. The lowest BCUT2D eigenvalue weighted by atomic mass is 10.2. The van der Waals surface area contributed by atoms with Crippen LogP contribution in [0.4, 0.5) is 4.39 Å². The van der Waals surface area contributed by atoms with Gasteiger partial charge in [-0.25, -0.2) is 4.39 Å². The lowest BCUT2D eigenvalue weighted by Gasteiger charge is -1.98. The molecule has 0 spiro atoms. The lowest BCUT2D eigenvalue weighted by Crippen LogP contribution is -1.76. The highest BCUT2D eigenvalue weighted by Crippen LogP contribution is 2.38. The van der Waals surface area contributed by atoms with Crippen molar-refractivity contribution in [3.63, 3.8) is 0 Å². The maximum Gasteiger partial charge on any atom is 0.174 e. The van der Waals surface area contributed by atoms with Crippen molar-refractivity contribution in [1.82, 2.24) is 0 Å². The normalized spacial score (nSPS) is 10.8. The first-order valence-electron chi connectivity index (χ1n) is 4.06. The predicted octanol–water partition coefficient (Wildman–Crippen LogP) is 3.77.